The second-order valence-corrected chi connectivity index (χ2v) is 6.85. The minimum Gasteiger partial charge on any atom is -0.468 e. The summed E-state index contributed by atoms with van der Waals surface area (Å²) in [4.78, 5) is 30.5. The van der Waals surface area contributed by atoms with Crippen molar-refractivity contribution in [2.24, 2.45) is 5.41 Å². The number of nitrogens with zero attached hydrogens (tertiary/aromatic N) is 3. The molecule has 0 aliphatic carbocycles. The van der Waals surface area contributed by atoms with E-state index in [1.807, 2.05) is 0 Å². The van der Waals surface area contributed by atoms with E-state index in [0.717, 1.165) is 12.2 Å². The molecule has 2 rings (SSSR count). The molecule has 0 bridgehead atoms. The van der Waals surface area contributed by atoms with Gasteiger partial charge in [0.15, 0.2) is 0 Å². The molecular weight excluding hydrogens is 397 g/mol. The standard InChI is InChI=1S/C15H20IN3O3/c1-5-18(8-12(20)22-4)13-10(7-16)14(21)19-9-15(2,3)6-11(19)17-13/h5H,1,6-9H2,2-4H3. The van der Waals surface area contributed by atoms with E-state index in [-0.39, 0.29) is 17.5 Å². The van der Waals surface area contributed by atoms with E-state index in [2.05, 4.69) is 48.0 Å². The third kappa shape index (κ3) is 3.18. The van der Waals surface area contributed by atoms with Crippen LogP contribution in [0.2, 0.25) is 0 Å². The molecule has 7 heteroatoms. The lowest BCUT2D eigenvalue weighted by Crippen LogP contribution is -2.32. The molecule has 0 spiro atoms. The Labute approximate surface area is 143 Å². The number of hydrogen-bond donors (Lipinski definition) is 0. The second kappa shape index (κ2) is 6.39. The molecule has 0 saturated carbocycles. The van der Waals surface area contributed by atoms with Gasteiger partial charge in [0.1, 0.15) is 18.2 Å². The van der Waals surface area contributed by atoms with Crippen LogP contribution in [0.25, 0.3) is 0 Å². The van der Waals surface area contributed by atoms with Crippen molar-refractivity contribution in [3.63, 3.8) is 0 Å². The number of anilines is 1. The van der Waals surface area contributed by atoms with Gasteiger partial charge in [-0.2, -0.15) is 0 Å². The van der Waals surface area contributed by atoms with E-state index in [0.29, 0.717) is 22.4 Å². The number of aromatic nitrogens is 2. The van der Waals surface area contributed by atoms with E-state index in [4.69, 9.17) is 4.74 Å². The molecule has 0 N–H and O–H groups in total. The summed E-state index contributed by atoms with van der Waals surface area (Å²) in [6.45, 7) is 8.61. The predicted octanol–water partition coefficient (Wildman–Crippen LogP) is 1.88. The van der Waals surface area contributed by atoms with Crippen molar-refractivity contribution in [2.45, 2.75) is 31.2 Å². The first-order chi connectivity index (χ1) is 10.3. The number of methoxy groups -OCH3 is 1. The Bertz CT molecular complexity index is 667. The first-order valence-corrected chi connectivity index (χ1v) is 8.50. The fourth-order valence-corrected chi connectivity index (χ4v) is 3.29. The van der Waals surface area contributed by atoms with Crippen molar-refractivity contribution in [2.75, 3.05) is 18.6 Å². The fourth-order valence-electron chi connectivity index (χ4n) is 2.62. The number of carbonyl (C=O) groups excluding carboxylic acids is 1. The molecular formula is C15H20IN3O3. The average Bonchev–Trinajstić information content (AvgIpc) is 2.79. The summed E-state index contributed by atoms with van der Waals surface area (Å²) in [5.74, 6) is 0.862. The highest BCUT2D eigenvalue weighted by Gasteiger charge is 2.32. The van der Waals surface area contributed by atoms with E-state index in [1.54, 1.807) is 9.47 Å². The van der Waals surface area contributed by atoms with Crippen LogP contribution in [0.3, 0.4) is 0 Å². The van der Waals surface area contributed by atoms with Crippen LogP contribution < -0.4 is 10.5 Å². The zero-order chi connectivity index (χ0) is 16.5. The summed E-state index contributed by atoms with van der Waals surface area (Å²) in [5.41, 5.74) is 0.573. The molecule has 1 aliphatic heterocycles. The zero-order valence-electron chi connectivity index (χ0n) is 13.1. The number of rotatable bonds is 5. The molecule has 0 amide bonds. The maximum absolute atomic E-state index is 12.7. The van der Waals surface area contributed by atoms with Gasteiger partial charge in [-0.15, -0.1) is 0 Å². The maximum atomic E-state index is 12.7. The molecule has 0 fully saturated rings. The molecule has 0 radical (unpaired) electrons. The van der Waals surface area contributed by atoms with Crippen LogP contribution >= 0.6 is 22.6 Å². The van der Waals surface area contributed by atoms with Crippen LogP contribution in [0.4, 0.5) is 5.82 Å². The summed E-state index contributed by atoms with van der Waals surface area (Å²) < 4.78 is 6.96. The fraction of sp³-hybridized carbons (Fsp3) is 0.533. The van der Waals surface area contributed by atoms with Crippen LogP contribution in [0.1, 0.15) is 25.2 Å². The Morgan fingerprint density at radius 3 is 2.82 bits per heavy atom. The maximum Gasteiger partial charge on any atom is 0.325 e. The van der Waals surface area contributed by atoms with Gasteiger partial charge in [0.2, 0.25) is 0 Å². The number of halogens is 1. The highest BCUT2D eigenvalue weighted by Crippen LogP contribution is 2.31. The van der Waals surface area contributed by atoms with E-state index < -0.39 is 5.97 Å². The number of hydrogen-bond acceptors (Lipinski definition) is 5. The first kappa shape index (κ1) is 17.0. The highest BCUT2D eigenvalue weighted by atomic mass is 127. The van der Waals surface area contributed by atoms with Gasteiger partial charge in [-0.3, -0.25) is 14.2 Å². The third-order valence-electron chi connectivity index (χ3n) is 3.70. The van der Waals surface area contributed by atoms with Crippen molar-refractivity contribution >= 4 is 34.4 Å². The first-order valence-electron chi connectivity index (χ1n) is 6.97. The van der Waals surface area contributed by atoms with Crippen molar-refractivity contribution < 1.29 is 9.53 Å². The Morgan fingerprint density at radius 1 is 1.59 bits per heavy atom. The smallest absolute Gasteiger partial charge is 0.325 e. The number of ether oxygens (including phenoxy) is 1. The van der Waals surface area contributed by atoms with Crippen LogP contribution in [0.15, 0.2) is 17.6 Å². The molecule has 1 aromatic rings. The zero-order valence-corrected chi connectivity index (χ0v) is 15.2. The van der Waals surface area contributed by atoms with Gasteiger partial charge in [0, 0.05) is 17.4 Å². The summed E-state index contributed by atoms with van der Waals surface area (Å²) >= 11 is 2.14. The highest BCUT2D eigenvalue weighted by molar-refractivity contribution is 14.1. The van der Waals surface area contributed by atoms with E-state index >= 15 is 0 Å². The van der Waals surface area contributed by atoms with Gasteiger partial charge in [-0.25, -0.2) is 4.98 Å². The molecule has 120 valence electrons. The van der Waals surface area contributed by atoms with Gasteiger partial charge < -0.3 is 9.64 Å². The predicted molar refractivity (Wildman–Crippen MR) is 93.3 cm³/mol. The Balaban J connectivity index is 2.53. The van der Waals surface area contributed by atoms with Gasteiger partial charge >= 0.3 is 5.97 Å². The van der Waals surface area contributed by atoms with Crippen LogP contribution in [0, 0.1) is 5.41 Å². The quantitative estimate of drug-likeness (QED) is 0.416. The monoisotopic (exact) mass is 417 g/mol. The van der Waals surface area contributed by atoms with Crippen LogP contribution in [-0.2, 0) is 26.9 Å². The van der Waals surface area contributed by atoms with E-state index in [9.17, 15) is 9.59 Å². The Kier molecular flexibility index (Phi) is 4.93. The van der Waals surface area contributed by atoms with Gasteiger partial charge in [-0.05, 0) is 11.6 Å². The normalized spacial score (nSPS) is 15.3. The topological polar surface area (TPSA) is 64.4 Å². The van der Waals surface area contributed by atoms with Gasteiger partial charge in [0.25, 0.3) is 5.56 Å². The lowest BCUT2D eigenvalue weighted by atomic mass is 9.92. The molecule has 0 atom stereocenters. The molecule has 1 aliphatic rings. The van der Waals surface area contributed by atoms with Crippen LogP contribution in [-0.4, -0.2) is 29.2 Å². The molecule has 6 nitrogen and oxygen atoms in total. The number of alkyl halides is 1. The van der Waals surface area contributed by atoms with Crippen LogP contribution in [0.5, 0.6) is 0 Å². The number of carbonyl (C=O) groups is 1. The Hall–Kier alpha value is -1.38. The largest absolute Gasteiger partial charge is 0.468 e. The third-order valence-corrected chi connectivity index (χ3v) is 4.46. The Morgan fingerprint density at radius 2 is 2.27 bits per heavy atom. The average molecular weight is 417 g/mol. The summed E-state index contributed by atoms with van der Waals surface area (Å²) in [6, 6.07) is 0. The molecule has 0 aromatic carbocycles. The summed E-state index contributed by atoms with van der Waals surface area (Å²) in [5, 5.41) is 0. The summed E-state index contributed by atoms with van der Waals surface area (Å²) in [6.07, 6.45) is 2.24. The van der Waals surface area contributed by atoms with Gasteiger partial charge in [-0.1, -0.05) is 43.0 Å². The number of fused-ring (bicyclic) bond motifs is 1. The van der Waals surface area contributed by atoms with E-state index in [1.165, 1.54) is 13.3 Å². The molecule has 0 unspecified atom stereocenters. The molecule has 2 heterocycles. The molecule has 1 aromatic heterocycles. The molecule has 0 saturated heterocycles. The lowest BCUT2D eigenvalue weighted by molar-refractivity contribution is -0.138. The van der Waals surface area contributed by atoms with Crippen molar-refractivity contribution in [1.29, 1.82) is 0 Å². The van der Waals surface area contributed by atoms with Gasteiger partial charge in [0.05, 0.1) is 12.7 Å². The minimum absolute atomic E-state index is 0.0110. The lowest BCUT2D eigenvalue weighted by Gasteiger charge is -2.21. The second-order valence-electron chi connectivity index (χ2n) is 6.08. The SMILES string of the molecule is C=CN(CC(=O)OC)c1nc2n(c(=O)c1CI)CC(C)(C)C2. The number of esters is 1. The van der Waals surface area contributed by atoms with Crippen molar-refractivity contribution in [3.05, 3.63) is 34.5 Å². The summed E-state index contributed by atoms with van der Waals surface area (Å²) in [7, 11) is 1.33. The van der Waals surface area contributed by atoms with Crippen molar-refractivity contribution in [3.8, 4) is 0 Å². The minimum atomic E-state index is -0.401. The van der Waals surface area contributed by atoms with Crippen molar-refractivity contribution in [1.82, 2.24) is 9.55 Å². The molecule has 22 heavy (non-hydrogen) atoms.